The van der Waals surface area contributed by atoms with Crippen LogP contribution in [0.4, 0.5) is 11.4 Å². The molecule has 2 aromatic rings. The first-order valence-electron chi connectivity index (χ1n) is 5.39. The third-order valence-electron chi connectivity index (χ3n) is 2.53. The molecule has 112 valence electrons. The van der Waals surface area contributed by atoms with E-state index in [0.29, 0.717) is 0 Å². The Morgan fingerprint density at radius 2 is 2.14 bits per heavy atom. The summed E-state index contributed by atoms with van der Waals surface area (Å²) in [7, 11) is -2.61. The molecule has 0 amide bonds. The quantitative estimate of drug-likeness (QED) is 0.496. The van der Waals surface area contributed by atoms with Crippen molar-refractivity contribution in [2.24, 2.45) is 7.05 Å². The number of phenols is 1. The Balaban J connectivity index is 2.37. The van der Waals surface area contributed by atoms with Crippen molar-refractivity contribution in [1.29, 1.82) is 0 Å². The lowest BCUT2D eigenvalue weighted by molar-refractivity contribution is -0.384. The van der Waals surface area contributed by atoms with E-state index in [9.17, 15) is 23.6 Å². The molecule has 1 aromatic heterocycles. The number of aromatic nitrogens is 2. The van der Waals surface area contributed by atoms with Crippen LogP contribution in [-0.4, -0.2) is 28.0 Å². The number of nitrogens with one attached hydrogen (secondary N) is 1. The van der Waals surface area contributed by atoms with Crippen molar-refractivity contribution in [1.82, 2.24) is 9.55 Å². The third-order valence-corrected chi connectivity index (χ3v) is 4.38. The van der Waals surface area contributed by atoms with E-state index in [1.54, 1.807) is 0 Å². The van der Waals surface area contributed by atoms with E-state index in [-0.39, 0.29) is 16.5 Å². The predicted octanol–water partition coefficient (Wildman–Crippen LogP) is 1.49. The highest BCUT2D eigenvalue weighted by Gasteiger charge is 2.24. The number of hydrogen-bond acceptors (Lipinski definition) is 6. The zero-order valence-electron chi connectivity index (χ0n) is 10.5. The molecule has 0 radical (unpaired) electrons. The van der Waals surface area contributed by atoms with Crippen molar-refractivity contribution in [3.8, 4) is 5.75 Å². The summed E-state index contributed by atoms with van der Waals surface area (Å²) in [6.07, 6.45) is 1.21. The number of nitro groups is 1. The Morgan fingerprint density at radius 1 is 1.48 bits per heavy atom. The number of phenolic OH excluding ortho intramolecular Hbond substituents is 1. The van der Waals surface area contributed by atoms with E-state index >= 15 is 0 Å². The monoisotopic (exact) mass is 332 g/mol. The largest absolute Gasteiger partial charge is 0.505 e. The smallest absolute Gasteiger partial charge is 0.282 e. The molecule has 1 aromatic carbocycles. The number of anilines is 1. The molecule has 11 heteroatoms. The summed E-state index contributed by atoms with van der Waals surface area (Å²) in [6.45, 7) is 0. The van der Waals surface area contributed by atoms with Crippen LogP contribution in [0.3, 0.4) is 0 Å². The van der Waals surface area contributed by atoms with Crippen molar-refractivity contribution < 1.29 is 18.4 Å². The van der Waals surface area contributed by atoms with E-state index in [2.05, 4.69) is 9.71 Å². The molecule has 0 fully saturated rings. The highest BCUT2D eigenvalue weighted by Crippen LogP contribution is 2.30. The van der Waals surface area contributed by atoms with Gasteiger partial charge in [0.25, 0.3) is 15.7 Å². The molecular formula is C10H9ClN4O5S. The summed E-state index contributed by atoms with van der Waals surface area (Å²) in [5.74, 6) is -0.583. The maximum Gasteiger partial charge on any atom is 0.282 e. The lowest BCUT2D eigenvalue weighted by atomic mass is 10.3. The van der Waals surface area contributed by atoms with Gasteiger partial charge in [-0.15, -0.1) is 0 Å². The van der Waals surface area contributed by atoms with Gasteiger partial charge in [0.1, 0.15) is 10.9 Å². The van der Waals surface area contributed by atoms with Crippen LogP contribution in [0.5, 0.6) is 5.75 Å². The van der Waals surface area contributed by atoms with Gasteiger partial charge in [0.15, 0.2) is 0 Å². The average Bonchev–Trinajstić information content (AvgIpc) is 2.72. The summed E-state index contributed by atoms with van der Waals surface area (Å²) in [5, 5.41) is 19.7. The molecule has 0 aliphatic rings. The van der Waals surface area contributed by atoms with E-state index in [4.69, 9.17) is 11.6 Å². The Labute approximate surface area is 124 Å². The average molecular weight is 333 g/mol. The Hall–Kier alpha value is -2.33. The fourth-order valence-corrected chi connectivity index (χ4v) is 2.99. The van der Waals surface area contributed by atoms with Crippen LogP contribution in [0, 0.1) is 10.1 Å². The number of nitro benzene ring substituents is 1. The van der Waals surface area contributed by atoms with Crippen LogP contribution < -0.4 is 4.72 Å². The number of non-ortho nitro benzene ring substituents is 1. The second-order valence-electron chi connectivity index (χ2n) is 4.02. The van der Waals surface area contributed by atoms with Crippen LogP contribution in [-0.2, 0) is 17.1 Å². The van der Waals surface area contributed by atoms with E-state index < -0.39 is 25.7 Å². The normalized spacial score (nSPS) is 11.3. The number of sulfonamides is 1. The fourth-order valence-electron chi connectivity index (χ4n) is 1.49. The summed E-state index contributed by atoms with van der Waals surface area (Å²) in [6, 6.07) is 2.96. The van der Waals surface area contributed by atoms with Gasteiger partial charge >= 0.3 is 0 Å². The van der Waals surface area contributed by atoms with Gasteiger partial charge in [-0.1, -0.05) is 11.6 Å². The van der Waals surface area contributed by atoms with Crippen LogP contribution >= 0.6 is 11.6 Å². The molecular weight excluding hydrogens is 324 g/mol. The van der Waals surface area contributed by atoms with Gasteiger partial charge in [0.2, 0.25) is 5.03 Å². The Kier molecular flexibility index (Phi) is 3.75. The summed E-state index contributed by atoms with van der Waals surface area (Å²) >= 11 is 5.80. The minimum absolute atomic E-state index is 0.107. The number of aromatic hydroxyl groups is 1. The van der Waals surface area contributed by atoms with Gasteiger partial charge in [-0.25, -0.2) is 4.98 Å². The van der Waals surface area contributed by atoms with Crippen molar-refractivity contribution in [3.05, 3.63) is 39.8 Å². The summed E-state index contributed by atoms with van der Waals surface area (Å²) in [5.41, 5.74) is -0.589. The SMILES string of the molecule is Cn1cnc(S(=O)(=O)Nc2ccc([N+](=O)[O-])cc2O)c1Cl. The fraction of sp³-hybridized carbons (Fsp3) is 0.100. The maximum absolute atomic E-state index is 12.1. The molecule has 0 saturated heterocycles. The van der Waals surface area contributed by atoms with Gasteiger partial charge in [-0.3, -0.25) is 14.8 Å². The number of aryl methyl sites for hydroxylation is 1. The highest BCUT2D eigenvalue weighted by atomic mass is 35.5. The number of hydrogen-bond donors (Lipinski definition) is 2. The predicted molar refractivity (Wildman–Crippen MR) is 73.8 cm³/mol. The van der Waals surface area contributed by atoms with Crippen molar-refractivity contribution >= 4 is 33.0 Å². The molecule has 1 heterocycles. The topological polar surface area (TPSA) is 127 Å². The zero-order chi connectivity index (χ0) is 15.8. The molecule has 21 heavy (non-hydrogen) atoms. The first kappa shape index (κ1) is 15.1. The molecule has 9 nitrogen and oxygen atoms in total. The maximum atomic E-state index is 12.1. The number of benzene rings is 1. The second-order valence-corrected chi connectivity index (χ2v) is 5.97. The van der Waals surface area contributed by atoms with E-state index in [1.165, 1.54) is 17.9 Å². The number of rotatable bonds is 4. The summed E-state index contributed by atoms with van der Waals surface area (Å²) in [4.78, 5) is 13.5. The van der Waals surface area contributed by atoms with Crippen LogP contribution in [0.2, 0.25) is 5.15 Å². The third kappa shape index (κ3) is 2.90. The second kappa shape index (κ2) is 5.22. The van der Waals surface area contributed by atoms with Gasteiger partial charge < -0.3 is 9.67 Å². The minimum atomic E-state index is -4.12. The van der Waals surface area contributed by atoms with E-state index in [1.807, 2.05) is 0 Å². The molecule has 0 saturated carbocycles. The molecule has 0 unspecified atom stereocenters. The summed E-state index contributed by atoms with van der Waals surface area (Å²) < 4.78 is 27.5. The molecule has 0 aliphatic heterocycles. The van der Waals surface area contributed by atoms with Gasteiger partial charge in [0, 0.05) is 13.1 Å². The Bertz CT molecular complexity index is 817. The number of halogens is 1. The molecule has 0 aliphatic carbocycles. The minimum Gasteiger partial charge on any atom is -0.505 e. The van der Waals surface area contributed by atoms with Gasteiger partial charge in [-0.2, -0.15) is 8.42 Å². The van der Waals surface area contributed by atoms with E-state index in [0.717, 1.165) is 18.2 Å². The molecule has 0 spiro atoms. The van der Waals surface area contributed by atoms with Crippen LogP contribution in [0.15, 0.2) is 29.6 Å². The molecule has 0 bridgehead atoms. The Morgan fingerprint density at radius 3 is 2.62 bits per heavy atom. The highest BCUT2D eigenvalue weighted by molar-refractivity contribution is 7.92. The lowest BCUT2D eigenvalue weighted by Gasteiger charge is -2.08. The first-order chi connectivity index (χ1) is 9.72. The molecule has 0 atom stereocenters. The standard InChI is InChI=1S/C10H9ClN4O5S/c1-14-5-12-10(9(14)11)21(19,20)13-7-3-2-6(15(17)18)4-8(7)16/h2-5,13,16H,1H3. The van der Waals surface area contributed by atoms with Crippen molar-refractivity contribution in [2.75, 3.05) is 4.72 Å². The van der Waals surface area contributed by atoms with Crippen molar-refractivity contribution in [3.63, 3.8) is 0 Å². The number of imidazole rings is 1. The van der Waals surface area contributed by atoms with Crippen molar-refractivity contribution in [2.45, 2.75) is 5.03 Å². The molecule has 2 rings (SSSR count). The van der Waals surface area contributed by atoms with Crippen LogP contribution in [0.1, 0.15) is 0 Å². The molecule has 2 N–H and O–H groups in total. The lowest BCUT2D eigenvalue weighted by Crippen LogP contribution is -2.14. The van der Waals surface area contributed by atoms with Gasteiger partial charge in [0.05, 0.1) is 23.0 Å². The number of nitrogens with zero attached hydrogens (tertiary/aromatic N) is 3. The zero-order valence-corrected chi connectivity index (χ0v) is 12.1. The van der Waals surface area contributed by atoms with Gasteiger partial charge in [-0.05, 0) is 6.07 Å². The van der Waals surface area contributed by atoms with Crippen LogP contribution in [0.25, 0.3) is 0 Å². The first-order valence-corrected chi connectivity index (χ1v) is 7.25.